The van der Waals surface area contributed by atoms with E-state index in [4.69, 9.17) is 0 Å². The number of fused-ring (bicyclic) bond motifs is 3. The molecule has 228 valence electrons. The first-order valence-corrected chi connectivity index (χ1v) is 13.6. The lowest BCUT2D eigenvalue weighted by Crippen LogP contribution is -2.36. The molecule has 6 rings (SSSR count). The molecule has 3 aliphatic rings. The summed E-state index contributed by atoms with van der Waals surface area (Å²) in [6.45, 7) is 2.84. The number of hydrogen-bond donors (Lipinski definition) is 3. The van der Waals surface area contributed by atoms with Gasteiger partial charge >= 0.3 is 12.3 Å². The van der Waals surface area contributed by atoms with Crippen molar-refractivity contribution in [1.29, 1.82) is 0 Å². The summed E-state index contributed by atoms with van der Waals surface area (Å²) in [4.78, 5) is 43.2. The number of carboxylic acid groups (broad SMARTS) is 1. The van der Waals surface area contributed by atoms with Crippen molar-refractivity contribution in [2.45, 2.75) is 26.3 Å². The fourth-order valence-electron chi connectivity index (χ4n) is 5.15. The molecule has 0 spiro atoms. The number of nitrogens with one attached hydrogen (secondary N) is 1. The Bertz CT molecular complexity index is 2010. The Labute approximate surface area is 253 Å². The number of aromatic nitrogens is 4. The number of aliphatic hydroxyl groups is 1. The summed E-state index contributed by atoms with van der Waals surface area (Å²) < 4.78 is 41.8. The van der Waals surface area contributed by atoms with E-state index >= 15 is 0 Å². The molecule has 0 saturated carbocycles. The summed E-state index contributed by atoms with van der Waals surface area (Å²) in [6.07, 6.45) is -3.99. The molecule has 0 fully saturated rings. The van der Waals surface area contributed by atoms with Crippen LogP contribution in [-0.4, -0.2) is 48.3 Å². The molecular weight excluding hydrogens is 591 g/mol. The van der Waals surface area contributed by atoms with Crippen molar-refractivity contribution < 1.29 is 33.0 Å². The van der Waals surface area contributed by atoms with Gasteiger partial charge in [-0.05, 0) is 66.1 Å². The topological polar surface area (TPSA) is 146 Å². The molecule has 0 bridgehead atoms. The van der Waals surface area contributed by atoms with E-state index in [0.29, 0.717) is 69.7 Å². The number of rotatable bonds is 5. The molecule has 3 N–H and O–H groups in total. The number of alkyl halides is 3. The van der Waals surface area contributed by atoms with Crippen molar-refractivity contribution in [1.82, 2.24) is 19.5 Å². The minimum atomic E-state index is -4.74. The van der Waals surface area contributed by atoms with Crippen molar-refractivity contribution in [2.75, 3.05) is 16.8 Å². The second-order valence-corrected chi connectivity index (χ2v) is 10.2. The van der Waals surface area contributed by atoms with Gasteiger partial charge in [-0.25, -0.2) is 19.7 Å². The zero-order valence-corrected chi connectivity index (χ0v) is 23.6. The molecule has 3 aromatic rings. The average molecular weight is 616 g/mol. The van der Waals surface area contributed by atoms with E-state index in [-0.39, 0.29) is 17.9 Å². The highest BCUT2D eigenvalue weighted by Gasteiger charge is 2.33. The van der Waals surface area contributed by atoms with Crippen LogP contribution in [0.2, 0.25) is 0 Å². The number of nitrogens with zero attached hydrogens (tertiary/aromatic N) is 6. The van der Waals surface area contributed by atoms with Crippen LogP contribution >= 0.6 is 0 Å². The van der Waals surface area contributed by atoms with E-state index in [1.54, 1.807) is 36.5 Å². The first-order chi connectivity index (χ1) is 21.5. The molecule has 0 aliphatic carbocycles. The van der Waals surface area contributed by atoms with E-state index in [1.165, 1.54) is 12.1 Å². The van der Waals surface area contributed by atoms with Gasteiger partial charge in [-0.3, -0.25) is 9.78 Å². The molecule has 2 amide bonds. The molecule has 14 heteroatoms. The van der Waals surface area contributed by atoms with Crippen molar-refractivity contribution in [2.24, 2.45) is 4.99 Å². The van der Waals surface area contributed by atoms with E-state index in [1.807, 2.05) is 17.6 Å². The first-order valence-electron chi connectivity index (χ1n) is 13.6. The number of pyridine rings is 2. The van der Waals surface area contributed by atoms with Crippen LogP contribution in [0.3, 0.4) is 0 Å². The molecule has 2 aromatic carbocycles. The van der Waals surface area contributed by atoms with Crippen LogP contribution in [0.4, 0.5) is 35.2 Å². The lowest BCUT2D eigenvalue weighted by Gasteiger charge is -2.21. The summed E-state index contributed by atoms with van der Waals surface area (Å²) >= 11 is 0. The van der Waals surface area contributed by atoms with Crippen LogP contribution in [0.25, 0.3) is 22.5 Å². The quantitative estimate of drug-likeness (QED) is 0.243. The third kappa shape index (κ3) is 5.70. The number of aryl methyl sites for hydroxylation is 1. The number of imide groups is 1. The van der Waals surface area contributed by atoms with E-state index in [0.717, 1.165) is 11.8 Å². The highest BCUT2D eigenvalue weighted by Crippen LogP contribution is 2.39. The van der Waals surface area contributed by atoms with Crippen molar-refractivity contribution in [3.63, 3.8) is 0 Å². The number of halogens is 3. The SMILES string of the molecule is Cc1ccc(N(C(=O)O)C(=O)c2cc(C(F)(F)F)ccn2)cc1-c1cc2cnc(=Nc3cccc(CO)c3)nc-2n2c1NCC2. The summed E-state index contributed by atoms with van der Waals surface area (Å²) in [5.41, 5.74) is 2.34. The molecule has 11 nitrogen and oxygen atoms in total. The summed E-state index contributed by atoms with van der Waals surface area (Å²) in [5, 5.41) is 22.8. The van der Waals surface area contributed by atoms with Gasteiger partial charge in [0.1, 0.15) is 17.3 Å². The minimum absolute atomic E-state index is 0.0698. The van der Waals surface area contributed by atoms with Crippen LogP contribution in [0, 0.1) is 6.92 Å². The third-order valence-corrected chi connectivity index (χ3v) is 7.28. The summed E-state index contributed by atoms with van der Waals surface area (Å²) in [6, 6.07) is 14.7. The highest BCUT2D eigenvalue weighted by atomic mass is 19.4. The molecule has 45 heavy (non-hydrogen) atoms. The average Bonchev–Trinajstić information content (AvgIpc) is 3.52. The first kappa shape index (κ1) is 29.4. The van der Waals surface area contributed by atoms with Crippen molar-refractivity contribution >= 4 is 29.2 Å². The van der Waals surface area contributed by atoms with Gasteiger partial charge in [0.05, 0.1) is 23.5 Å². The second kappa shape index (κ2) is 11.5. The van der Waals surface area contributed by atoms with Crippen LogP contribution in [0.5, 0.6) is 0 Å². The van der Waals surface area contributed by atoms with Gasteiger partial charge in [0.25, 0.3) is 11.5 Å². The van der Waals surface area contributed by atoms with Crippen LogP contribution < -0.4 is 15.8 Å². The van der Waals surface area contributed by atoms with E-state index in [2.05, 4.69) is 25.3 Å². The second-order valence-electron chi connectivity index (χ2n) is 10.2. The van der Waals surface area contributed by atoms with Crippen molar-refractivity contribution in [3.05, 3.63) is 101 Å². The smallest absolute Gasteiger partial charge is 0.419 e. The molecule has 0 radical (unpaired) electrons. The molecular formula is C31H24F3N7O4. The Hall–Kier alpha value is -5.63. The molecule has 0 unspecified atom stereocenters. The zero-order chi connectivity index (χ0) is 31.9. The van der Waals surface area contributed by atoms with Crippen LogP contribution in [0.15, 0.2) is 78.0 Å². The lowest BCUT2D eigenvalue weighted by molar-refractivity contribution is -0.137. The Kier molecular flexibility index (Phi) is 7.50. The molecule has 0 atom stereocenters. The Morgan fingerprint density at radius 2 is 1.89 bits per heavy atom. The maximum Gasteiger partial charge on any atom is 0.419 e. The number of benzene rings is 2. The minimum Gasteiger partial charge on any atom is -0.464 e. The van der Waals surface area contributed by atoms with Gasteiger partial charge in [-0.2, -0.15) is 18.2 Å². The Morgan fingerprint density at radius 1 is 1.07 bits per heavy atom. The largest absolute Gasteiger partial charge is 0.464 e. The number of anilines is 2. The number of aliphatic hydroxyl groups excluding tert-OH is 1. The predicted octanol–water partition coefficient (Wildman–Crippen LogP) is 5.25. The Morgan fingerprint density at radius 3 is 2.64 bits per heavy atom. The van der Waals surface area contributed by atoms with Crippen LogP contribution in [0.1, 0.15) is 27.2 Å². The molecule has 4 heterocycles. The number of hydrogen-bond acceptors (Lipinski definition) is 8. The van der Waals surface area contributed by atoms with Gasteiger partial charge in [0, 0.05) is 36.6 Å². The fraction of sp³-hybridized carbons (Fsp3) is 0.161. The normalized spacial score (nSPS) is 13.0. The summed E-state index contributed by atoms with van der Waals surface area (Å²) in [5.74, 6) is 0.0776. The lowest BCUT2D eigenvalue weighted by atomic mass is 9.98. The number of carbonyl (C=O) groups is 2. The van der Waals surface area contributed by atoms with Gasteiger partial charge in [-0.1, -0.05) is 18.2 Å². The summed E-state index contributed by atoms with van der Waals surface area (Å²) in [7, 11) is 0. The van der Waals surface area contributed by atoms with Gasteiger partial charge in [0.2, 0.25) is 0 Å². The third-order valence-electron chi connectivity index (χ3n) is 7.28. The monoisotopic (exact) mass is 615 g/mol. The molecule has 3 aliphatic heterocycles. The number of carbonyl (C=O) groups excluding carboxylic acids is 1. The Balaban J connectivity index is 1.43. The van der Waals surface area contributed by atoms with Gasteiger partial charge < -0.3 is 20.1 Å². The van der Waals surface area contributed by atoms with Crippen molar-refractivity contribution in [3.8, 4) is 22.5 Å². The standard InChI is InChI=1S/C31H24F3N7O4/c1-17-5-6-22(41(30(44)45)28(43)25-13-20(7-8-35-25)31(32,33)34)14-23(17)24-12-19-15-37-29(38-21-4-2-3-18(11-21)16-42)39-26(19)40-10-9-36-27(24)40/h2-8,11-15,36,42H,9-10,16H2,1H3,(H,44,45). The van der Waals surface area contributed by atoms with Crippen LogP contribution in [-0.2, 0) is 19.3 Å². The maximum absolute atomic E-state index is 13.3. The predicted molar refractivity (Wildman–Crippen MR) is 157 cm³/mol. The van der Waals surface area contributed by atoms with Gasteiger partial charge in [-0.15, -0.1) is 0 Å². The van der Waals surface area contributed by atoms with E-state index < -0.39 is 29.4 Å². The number of amides is 2. The van der Waals surface area contributed by atoms with Gasteiger partial charge in [0.15, 0.2) is 0 Å². The molecule has 0 saturated heterocycles. The fourth-order valence-corrected chi connectivity index (χ4v) is 5.15. The van der Waals surface area contributed by atoms with E-state index in [9.17, 15) is 33.0 Å². The maximum atomic E-state index is 13.3. The zero-order valence-electron chi connectivity index (χ0n) is 23.6. The molecule has 1 aromatic heterocycles. The highest BCUT2D eigenvalue weighted by molar-refractivity contribution is 6.18.